The third-order valence-electron chi connectivity index (χ3n) is 1.06. The lowest BCUT2D eigenvalue weighted by Gasteiger charge is -2.10. The van der Waals surface area contributed by atoms with Crippen LogP contribution in [0.15, 0.2) is 11.6 Å². The molecule has 0 aliphatic carbocycles. The van der Waals surface area contributed by atoms with Crippen molar-refractivity contribution in [2.75, 3.05) is 18.6 Å². The molecular weight excluding hydrogens is 166 g/mol. The minimum absolute atomic E-state index is 0.519. The summed E-state index contributed by atoms with van der Waals surface area (Å²) in [5, 5.41) is 3.90. The zero-order valence-corrected chi connectivity index (χ0v) is 8.06. The molecule has 0 radical (unpaired) electrons. The normalized spacial score (nSPS) is 13.1. The molecule has 0 aromatic rings. The predicted molar refractivity (Wildman–Crippen MR) is 50.8 cm³/mol. The smallest absolute Gasteiger partial charge is 0.0310 e. The highest BCUT2D eigenvalue weighted by Gasteiger charge is 1.98. The summed E-state index contributed by atoms with van der Waals surface area (Å²) in [6.45, 7) is 6.43. The van der Waals surface area contributed by atoms with Gasteiger partial charge in [-0.15, -0.1) is 0 Å². The fourth-order valence-corrected chi connectivity index (χ4v) is 1.29. The van der Waals surface area contributed by atoms with E-state index >= 15 is 0 Å². The highest BCUT2D eigenvalue weighted by molar-refractivity contribution is 7.98. The molecule has 0 spiro atoms. The van der Waals surface area contributed by atoms with Crippen LogP contribution in [0.5, 0.6) is 0 Å². The van der Waals surface area contributed by atoms with Gasteiger partial charge in [0.1, 0.15) is 0 Å². The summed E-state index contributed by atoms with van der Waals surface area (Å²) >= 11 is 7.38. The predicted octanol–water partition coefficient (Wildman–Crippen LogP) is 2.08. The van der Waals surface area contributed by atoms with Crippen molar-refractivity contribution < 1.29 is 0 Å². The minimum Gasteiger partial charge on any atom is -0.309 e. The number of halogens is 1. The topological polar surface area (TPSA) is 12.0 Å². The molecule has 1 atom stereocenters. The summed E-state index contributed by atoms with van der Waals surface area (Å²) in [7, 11) is 0. The molecule has 10 heavy (non-hydrogen) atoms. The van der Waals surface area contributed by atoms with Crippen molar-refractivity contribution in [3.63, 3.8) is 0 Å². The summed E-state index contributed by atoms with van der Waals surface area (Å²) < 4.78 is 0. The first kappa shape index (κ1) is 10.3. The number of hydrogen-bond acceptors (Lipinski definition) is 2. The molecule has 0 saturated carbocycles. The van der Waals surface area contributed by atoms with Crippen molar-refractivity contribution in [3.8, 4) is 0 Å². The Hall–Kier alpha value is 0.340. The van der Waals surface area contributed by atoms with Gasteiger partial charge in [-0.3, -0.25) is 0 Å². The highest BCUT2D eigenvalue weighted by Crippen LogP contribution is 1.98. The Morgan fingerprint density at radius 2 is 2.40 bits per heavy atom. The van der Waals surface area contributed by atoms with E-state index in [0.717, 1.165) is 5.75 Å². The third-order valence-corrected chi connectivity index (χ3v) is 2.03. The zero-order chi connectivity index (χ0) is 7.98. The maximum absolute atomic E-state index is 5.56. The van der Waals surface area contributed by atoms with Crippen LogP contribution in [0.4, 0.5) is 0 Å². The second-order valence-electron chi connectivity index (χ2n) is 2.25. The summed E-state index contributed by atoms with van der Waals surface area (Å²) in [5.74, 6) is 1.12. The lowest BCUT2D eigenvalue weighted by molar-refractivity contribution is 0.638. The van der Waals surface area contributed by atoms with Crippen LogP contribution < -0.4 is 5.32 Å². The zero-order valence-electron chi connectivity index (χ0n) is 6.48. The van der Waals surface area contributed by atoms with E-state index in [4.69, 9.17) is 11.6 Å². The Kier molecular flexibility index (Phi) is 6.28. The second-order valence-corrected chi connectivity index (χ2v) is 3.70. The van der Waals surface area contributed by atoms with Gasteiger partial charge in [0, 0.05) is 23.4 Å². The van der Waals surface area contributed by atoms with Crippen LogP contribution in [-0.4, -0.2) is 24.6 Å². The van der Waals surface area contributed by atoms with E-state index in [1.54, 1.807) is 0 Å². The molecular formula is C7H14ClNS. The standard InChI is InChI=1S/C7H14ClNS/c1-6(8)4-9-7(2)5-10-3/h7,9H,1,4-5H2,2-3H3. The molecule has 1 unspecified atom stereocenters. The molecule has 3 heteroatoms. The van der Waals surface area contributed by atoms with Crippen LogP contribution in [0.1, 0.15) is 6.92 Å². The first-order valence-corrected chi connectivity index (χ1v) is 4.99. The van der Waals surface area contributed by atoms with Gasteiger partial charge in [0.25, 0.3) is 0 Å². The molecule has 0 amide bonds. The van der Waals surface area contributed by atoms with E-state index in [1.165, 1.54) is 0 Å². The van der Waals surface area contributed by atoms with Crippen molar-refractivity contribution in [2.45, 2.75) is 13.0 Å². The summed E-state index contributed by atoms with van der Waals surface area (Å²) in [5.41, 5.74) is 0. The van der Waals surface area contributed by atoms with Crippen LogP contribution in [-0.2, 0) is 0 Å². The van der Waals surface area contributed by atoms with Crippen molar-refractivity contribution >= 4 is 23.4 Å². The van der Waals surface area contributed by atoms with Crippen LogP contribution in [0, 0.1) is 0 Å². The van der Waals surface area contributed by atoms with E-state index in [-0.39, 0.29) is 0 Å². The van der Waals surface area contributed by atoms with Gasteiger partial charge in [0.05, 0.1) is 0 Å². The Morgan fingerprint density at radius 3 is 2.80 bits per heavy atom. The second kappa shape index (κ2) is 6.08. The SMILES string of the molecule is C=C(Cl)CNC(C)CSC. The average Bonchev–Trinajstić information content (AvgIpc) is 1.85. The van der Waals surface area contributed by atoms with Gasteiger partial charge in [0.15, 0.2) is 0 Å². The first-order valence-electron chi connectivity index (χ1n) is 3.22. The molecule has 1 nitrogen and oxygen atoms in total. The number of thioether (sulfide) groups is 1. The minimum atomic E-state index is 0.519. The number of rotatable bonds is 5. The van der Waals surface area contributed by atoms with E-state index in [0.29, 0.717) is 17.6 Å². The van der Waals surface area contributed by atoms with Crippen molar-refractivity contribution in [1.82, 2.24) is 5.32 Å². The van der Waals surface area contributed by atoms with Crippen molar-refractivity contribution in [2.24, 2.45) is 0 Å². The first-order chi connectivity index (χ1) is 4.66. The van der Waals surface area contributed by atoms with Crippen molar-refractivity contribution in [1.29, 1.82) is 0 Å². The summed E-state index contributed by atoms with van der Waals surface area (Å²) in [6.07, 6.45) is 2.09. The fraction of sp³-hybridized carbons (Fsp3) is 0.714. The summed E-state index contributed by atoms with van der Waals surface area (Å²) in [4.78, 5) is 0. The maximum atomic E-state index is 5.56. The molecule has 1 N–H and O–H groups in total. The van der Waals surface area contributed by atoms with Gasteiger partial charge >= 0.3 is 0 Å². The van der Waals surface area contributed by atoms with Gasteiger partial charge in [-0.25, -0.2) is 0 Å². The molecule has 0 bridgehead atoms. The molecule has 0 saturated heterocycles. The van der Waals surface area contributed by atoms with E-state index in [1.807, 2.05) is 11.8 Å². The average molecular weight is 180 g/mol. The third kappa shape index (κ3) is 6.46. The number of hydrogen-bond donors (Lipinski definition) is 1. The van der Waals surface area contributed by atoms with Gasteiger partial charge in [0.2, 0.25) is 0 Å². The molecule has 0 aliphatic rings. The Balaban J connectivity index is 3.21. The molecule has 60 valence electrons. The Morgan fingerprint density at radius 1 is 1.80 bits per heavy atom. The van der Waals surface area contributed by atoms with Crippen molar-refractivity contribution in [3.05, 3.63) is 11.6 Å². The maximum Gasteiger partial charge on any atom is 0.0310 e. The molecule has 0 fully saturated rings. The van der Waals surface area contributed by atoms with Crippen LogP contribution in [0.2, 0.25) is 0 Å². The molecule has 0 aromatic heterocycles. The fourth-order valence-electron chi connectivity index (χ4n) is 0.594. The monoisotopic (exact) mass is 179 g/mol. The summed E-state index contributed by atoms with van der Waals surface area (Å²) in [6, 6.07) is 0.519. The van der Waals surface area contributed by atoms with Crippen LogP contribution in [0.3, 0.4) is 0 Å². The van der Waals surface area contributed by atoms with Crippen LogP contribution >= 0.6 is 23.4 Å². The molecule has 0 rings (SSSR count). The molecule has 0 aromatic carbocycles. The highest BCUT2D eigenvalue weighted by atomic mass is 35.5. The lowest BCUT2D eigenvalue weighted by Crippen LogP contribution is -2.28. The quantitative estimate of drug-likeness (QED) is 0.694. The largest absolute Gasteiger partial charge is 0.309 e. The Labute approximate surface area is 72.2 Å². The van der Waals surface area contributed by atoms with E-state index in [9.17, 15) is 0 Å². The van der Waals surface area contributed by atoms with E-state index in [2.05, 4.69) is 25.1 Å². The van der Waals surface area contributed by atoms with E-state index < -0.39 is 0 Å². The Bertz CT molecular complexity index is 106. The molecule has 0 heterocycles. The van der Waals surface area contributed by atoms with Gasteiger partial charge in [-0.1, -0.05) is 18.2 Å². The molecule has 0 aliphatic heterocycles. The van der Waals surface area contributed by atoms with Gasteiger partial charge in [-0.05, 0) is 13.2 Å². The lowest BCUT2D eigenvalue weighted by atomic mass is 10.4. The van der Waals surface area contributed by atoms with Crippen LogP contribution in [0.25, 0.3) is 0 Å². The van der Waals surface area contributed by atoms with Gasteiger partial charge in [-0.2, -0.15) is 11.8 Å². The number of nitrogens with one attached hydrogen (secondary N) is 1. The van der Waals surface area contributed by atoms with Gasteiger partial charge < -0.3 is 5.32 Å².